The van der Waals surface area contributed by atoms with Crippen molar-refractivity contribution in [1.82, 2.24) is 9.97 Å². The Morgan fingerprint density at radius 1 is 0.650 bits per heavy atom. The number of carboxylic acid groups (broad SMARTS) is 2. The van der Waals surface area contributed by atoms with Gasteiger partial charge in [-0.15, -0.1) is 0 Å². The van der Waals surface area contributed by atoms with Crippen LogP contribution in [0.2, 0.25) is 0 Å². The number of pyridine rings is 2. The molecule has 0 aliphatic rings. The Balaban J connectivity index is 0.000000274. The van der Waals surface area contributed by atoms with Crippen molar-refractivity contribution in [3.63, 3.8) is 0 Å². The van der Waals surface area contributed by atoms with E-state index in [0.29, 0.717) is 12.2 Å². The van der Waals surface area contributed by atoms with E-state index in [9.17, 15) is 9.59 Å². The van der Waals surface area contributed by atoms with Gasteiger partial charge in [0.2, 0.25) is 0 Å². The van der Waals surface area contributed by atoms with Crippen molar-refractivity contribution < 1.29 is 19.8 Å². The number of aliphatic carboxylic acids is 2. The summed E-state index contributed by atoms with van der Waals surface area (Å²) < 4.78 is 0. The molecule has 2 aromatic rings. The van der Waals surface area contributed by atoms with Crippen molar-refractivity contribution in [2.45, 2.75) is 0 Å². The number of hydrogen-bond donors (Lipinski definition) is 2. The molecule has 0 aromatic carbocycles. The van der Waals surface area contributed by atoms with E-state index in [2.05, 4.69) is 9.97 Å². The Morgan fingerprint density at radius 3 is 1.05 bits per heavy atom. The maximum atomic E-state index is 9.55. The van der Waals surface area contributed by atoms with E-state index in [1.807, 2.05) is 36.4 Å². The molecule has 0 bridgehead atoms. The number of hydrogen-bond acceptors (Lipinski definition) is 4. The molecule has 0 aliphatic heterocycles. The number of rotatable bonds is 2. The number of aromatic nitrogens is 2. The topological polar surface area (TPSA) is 100 Å². The van der Waals surface area contributed by atoms with Crippen LogP contribution in [0, 0.1) is 0 Å². The predicted molar refractivity (Wildman–Crippen MR) is 72.9 cm³/mol. The van der Waals surface area contributed by atoms with Crippen LogP contribution in [-0.2, 0) is 9.59 Å². The van der Waals surface area contributed by atoms with Crippen molar-refractivity contribution in [3.8, 4) is 0 Å². The molecule has 0 saturated heterocycles. The van der Waals surface area contributed by atoms with E-state index in [-0.39, 0.29) is 0 Å². The second kappa shape index (κ2) is 12.4. The van der Waals surface area contributed by atoms with E-state index >= 15 is 0 Å². The van der Waals surface area contributed by atoms with Gasteiger partial charge in [-0.1, -0.05) is 12.1 Å². The van der Waals surface area contributed by atoms with Crippen LogP contribution >= 0.6 is 0 Å². The molecule has 0 amide bonds. The van der Waals surface area contributed by atoms with Gasteiger partial charge in [0.05, 0.1) is 0 Å². The highest BCUT2D eigenvalue weighted by Gasteiger charge is 1.88. The average molecular weight is 274 g/mol. The third kappa shape index (κ3) is 15.0. The Bertz CT molecular complexity index is 400. The summed E-state index contributed by atoms with van der Waals surface area (Å²) in [6.45, 7) is 0. The van der Waals surface area contributed by atoms with E-state index in [0.717, 1.165) is 0 Å². The molecule has 0 saturated carbocycles. The van der Waals surface area contributed by atoms with Gasteiger partial charge in [0.25, 0.3) is 0 Å². The lowest BCUT2D eigenvalue weighted by molar-refractivity contribution is -0.134. The van der Waals surface area contributed by atoms with E-state index in [1.165, 1.54) is 0 Å². The summed E-state index contributed by atoms with van der Waals surface area (Å²) in [4.78, 5) is 26.7. The fraction of sp³-hybridized carbons (Fsp3) is 0. The molecule has 6 heteroatoms. The van der Waals surface area contributed by atoms with Gasteiger partial charge < -0.3 is 10.2 Å². The molecule has 6 nitrogen and oxygen atoms in total. The highest BCUT2D eigenvalue weighted by molar-refractivity contribution is 5.89. The first-order valence-corrected chi connectivity index (χ1v) is 5.47. The first-order valence-electron chi connectivity index (χ1n) is 5.47. The molecular weight excluding hydrogens is 260 g/mol. The fourth-order valence-corrected chi connectivity index (χ4v) is 0.768. The summed E-state index contributed by atoms with van der Waals surface area (Å²) in [6.07, 6.45) is 8.12. The van der Waals surface area contributed by atoms with Crippen molar-refractivity contribution in [2.24, 2.45) is 0 Å². The lowest BCUT2D eigenvalue weighted by Crippen LogP contribution is -1.91. The first kappa shape index (κ1) is 17.0. The molecule has 2 aromatic heterocycles. The monoisotopic (exact) mass is 274 g/mol. The van der Waals surface area contributed by atoms with Gasteiger partial charge in [-0.3, -0.25) is 9.97 Å². The van der Waals surface area contributed by atoms with Gasteiger partial charge in [-0.05, 0) is 24.3 Å². The number of carbonyl (C=O) groups is 2. The molecule has 104 valence electrons. The molecule has 2 N–H and O–H groups in total. The summed E-state index contributed by atoms with van der Waals surface area (Å²) in [5.74, 6) is -2.51. The van der Waals surface area contributed by atoms with Gasteiger partial charge in [-0.2, -0.15) is 0 Å². The second-order valence-electron chi connectivity index (χ2n) is 3.06. The Kier molecular flexibility index (Phi) is 10.6. The van der Waals surface area contributed by atoms with Crippen LogP contribution in [0.3, 0.4) is 0 Å². The SMILES string of the molecule is O=C(O)/C=C\C(=O)O.c1ccncc1.c1ccncc1. The van der Waals surface area contributed by atoms with Crippen LogP contribution in [-0.4, -0.2) is 32.1 Å². The van der Waals surface area contributed by atoms with Crippen LogP contribution in [0.25, 0.3) is 0 Å². The van der Waals surface area contributed by atoms with E-state index in [1.54, 1.807) is 24.8 Å². The molecule has 0 atom stereocenters. The minimum Gasteiger partial charge on any atom is -0.478 e. The van der Waals surface area contributed by atoms with Gasteiger partial charge >= 0.3 is 11.9 Å². The molecule has 0 radical (unpaired) electrons. The summed E-state index contributed by atoms with van der Waals surface area (Å²) in [5, 5.41) is 15.6. The summed E-state index contributed by atoms with van der Waals surface area (Å²) in [6, 6.07) is 11.4. The summed E-state index contributed by atoms with van der Waals surface area (Å²) >= 11 is 0. The predicted octanol–water partition coefficient (Wildman–Crippen LogP) is 1.88. The molecule has 0 spiro atoms. The van der Waals surface area contributed by atoms with Crippen LogP contribution in [0.1, 0.15) is 0 Å². The minimum absolute atomic E-state index is 0.558. The molecule has 0 unspecified atom stereocenters. The minimum atomic E-state index is -1.26. The Labute approximate surface area is 116 Å². The highest BCUT2D eigenvalue weighted by Crippen LogP contribution is 1.74. The zero-order valence-electron chi connectivity index (χ0n) is 10.5. The first-order chi connectivity index (χ1) is 9.63. The molecule has 2 heterocycles. The maximum absolute atomic E-state index is 9.55. The van der Waals surface area contributed by atoms with Crippen LogP contribution in [0.5, 0.6) is 0 Å². The largest absolute Gasteiger partial charge is 0.478 e. The zero-order valence-corrected chi connectivity index (χ0v) is 10.5. The Hall–Kier alpha value is -3.02. The zero-order chi connectivity index (χ0) is 15.1. The van der Waals surface area contributed by atoms with Crippen LogP contribution in [0.15, 0.2) is 73.3 Å². The lowest BCUT2D eigenvalue weighted by atomic mass is 10.5. The summed E-state index contributed by atoms with van der Waals surface area (Å²) in [7, 11) is 0. The van der Waals surface area contributed by atoms with E-state index in [4.69, 9.17) is 10.2 Å². The second-order valence-corrected chi connectivity index (χ2v) is 3.06. The smallest absolute Gasteiger partial charge is 0.328 e. The number of nitrogens with zero attached hydrogens (tertiary/aromatic N) is 2. The molecule has 0 aliphatic carbocycles. The third-order valence-electron chi connectivity index (χ3n) is 1.50. The normalized spacial score (nSPS) is 8.60. The van der Waals surface area contributed by atoms with Gasteiger partial charge in [0.1, 0.15) is 0 Å². The van der Waals surface area contributed by atoms with Gasteiger partial charge in [0, 0.05) is 36.9 Å². The third-order valence-corrected chi connectivity index (χ3v) is 1.50. The molecule has 0 fully saturated rings. The van der Waals surface area contributed by atoms with Crippen molar-refractivity contribution in [2.75, 3.05) is 0 Å². The summed E-state index contributed by atoms with van der Waals surface area (Å²) in [5.41, 5.74) is 0. The molecule has 20 heavy (non-hydrogen) atoms. The maximum Gasteiger partial charge on any atom is 0.328 e. The number of carboxylic acids is 2. The Morgan fingerprint density at radius 2 is 0.950 bits per heavy atom. The quantitative estimate of drug-likeness (QED) is 0.811. The van der Waals surface area contributed by atoms with Crippen molar-refractivity contribution >= 4 is 11.9 Å². The molecule has 2 rings (SSSR count). The van der Waals surface area contributed by atoms with Crippen molar-refractivity contribution in [3.05, 3.63) is 73.3 Å². The van der Waals surface area contributed by atoms with Crippen molar-refractivity contribution in [1.29, 1.82) is 0 Å². The van der Waals surface area contributed by atoms with E-state index < -0.39 is 11.9 Å². The average Bonchev–Trinajstić information content (AvgIpc) is 2.50. The van der Waals surface area contributed by atoms with Gasteiger partial charge in [0.15, 0.2) is 0 Å². The van der Waals surface area contributed by atoms with Crippen LogP contribution in [0.4, 0.5) is 0 Å². The van der Waals surface area contributed by atoms with Crippen LogP contribution < -0.4 is 0 Å². The lowest BCUT2D eigenvalue weighted by Gasteiger charge is -1.74. The van der Waals surface area contributed by atoms with Gasteiger partial charge in [-0.25, -0.2) is 9.59 Å². The highest BCUT2D eigenvalue weighted by atomic mass is 16.4. The standard InChI is InChI=1S/2C5H5N.C4H4O4/c2*1-2-4-6-5-3-1;5-3(6)1-2-4(7)8/h2*1-5H;1-2H,(H,5,6)(H,7,8)/b;;2-1-. The fourth-order valence-electron chi connectivity index (χ4n) is 0.768. The molecular formula is C14H14N2O4.